The minimum absolute atomic E-state index is 0.787. The Labute approximate surface area is 53.1 Å². The highest BCUT2D eigenvalue weighted by molar-refractivity contribution is 4.98. The first kappa shape index (κ1) is 6.01. The van der Waals surface area contributed by atoms with Gasteiger partial charge in [0, 0.05) is 5.56 Å². The third-order valence-electron chi connectivity index (χ3n) is 1.18. The molecule has 0 radical (unpaired) electrons. The molecule has 0 spiro atoms. The Morgan fingerprint density at radius 2 is 2.33 bits per heavy atom. The minimum atomic E-state index is 0.787. The van der Waals surface area contributed by atoms with E-state index >= 15 is 0 Å². The van der Waals surface area contributed by atoms with E-state index in [1.54, 1.807) is 13.2 Å². The highest BCUT2D eigenvalue weighted by Crippen LogP contribution is 1.85. The fourth-order valence-electron chi connectivity index (χ4n) is 0.599. The quantitative estimate of drug-likeness (QED) is 0.457. The van der Waals surface area contributed by atoms with Gasteiger partial charge in [0.15, 0.2) is 4.54 Å². The largest absolute Gasteiger partial charge is 0.260 e. The Bertz CT molecular complexity index is 264. The topological polar surface area (TPSA) is 27.9 Å². The summed E-state index contributed by atoms with van der Waals surface area (Å²) in [5, 5.41) is 0. The molecular weight excluding hydrogens is 116 g/mol. The molecule has 0 saturated carbocycles. The molecule has 0 aliphatic heterocycles. The lowest BCUT2D eigenvalue weighted by Crippen LogP contribution is -2.27. The lowest BCUT2D eigenvalue weighted by Gasteiger charge is -1.84. The molecule has 48 valence electrons. The first-order chi connectivity index (χ1) is 4.20. The van der Waals surface area contributed by atoms with Crippen molar-refractivity contribution in [3.05, 3.63) is 28.9 Å². The van der Waals surface area contributed by atoms with Gasteiger partial charge >= 0.3 is 0 Å². The van der Waals surface area contributed by atoms with Gasteiger partial charge in [0.05, 0.1) is 18.2 Å². The van der Waals surface area contributed by atoms with Gasteiger partial charge in [-0.2, -0.15) is 0 Å². The number of hydrogen-bond donors (Lipinski definition) is 0. The van der Waals surface area contributed by atoms with Crippen LogP contribution in [0.2, 0.25) is 0 Å². The summed E-state index contributed by atoms with van der Waals surface area (Å²) in [4.78, 5) is 10.7. The van der Waals surface area contributed by atoms with E-state index in [1.165, 1.54) is 10.9 Å². The second-order valence-electron chi connectivity index (χ2n) is 2.07. The molecule has 0 atom stereocenters. The molecule has 0 aliphatic rings. The van der Waals surface area contributed by atoms with Crippen molar-refractivity contribution in [3.63, 3.8) is 0 Å². The average Bonchev–Trinajstić information content (AvgIpc) is 1.80. The fourth-order valence-corrected chi connectivity index (χ4v) is 0.599. The standard InChI is InChI=1S/C6H9N2O/c1-6-3-4-7(2)8(9)5-6/h3-5H,1-2H3/q+1. The lowest BCUT2D eigenvalue weighted by molar-refractivity contribution is -0.595. The van der Waals surface area contributed by atoms with Gasteiger partial charge in [-0.05, 0) is 13.0 Å². The molecule has 0 bridgehead atoms. The number of rotatable bonds is 0. The maximum absolute atomic E-state index is 10.7. The van der Waals surface area contributed by atoms with Gasteiger partial charge < -0.3 is 0 Å². The summed E-state index contributed by atoms with van der Waals surface area (Å²) < 4.78 is 2.25. The fraction of sp³-hybridized carbons (Fsp3) is 0.333. The zero-order chi connectivity index (χ0) is 6.85. The Morgan fingerprint density at radius 3 is 2.78 bits per heavy atom. The molecule has 0 unspecified atom stereocenters. The van der Waals surface area contributed by atoms with Crippen LogP contribution in [0.1, 0.15) is 5.56 Å². The van der Waals surface area contributed by atoms with Gasteiger partial charge in [0.25, 0.3) is 6.20 Å². The van der Waals surface area contributed by atoms with Crippen LogP contribution in [0.3, 0.4) is 0 Å². The van der Waals surface area contributed by atoms with Crippen LogP contribution in [0.5, 0.6) is 0 Å². The van der Waals surface area contributed by atoms with Crippen LogP contribution >= 0.6 is 0 Å². The minimum Gasteiger partial charge on any atom is -0.113 e. The van der Waals surface area contributed by atoms with Crippen LogP contribution in [0.4, 0.5) is 0 Å². The maximum Gasteiger partial charge on any atom is 0.260 e. The Hall–Kier alpha value is -1.12. The monoisotopic (exact) mass is 125 g/mol. The molecule has 0 saturated heterocycles. The molecular formula is C6H9N2O+. The van der Waals surface area contributed by atoms with Crippen molar-refractivity contribution in [1.29, 1.82) is 0 Å². The normalized spacial score (nSPS) is 9.56. The number of aromatic nitrogens is 2. The van der Waals surface area contributed by atoms with E-state index in [1.807, 2.05) is 13.0 Å². The molecule has 0 fully saturated rings. The summed E-state index contributed by atoms with van der Waals surface area (Å²) in [5.74, 6) is 0. The Kier molecular flexibility index (Phi) is 1.34. The van der Waals surface area contributed by atoms with E-state index in [0.29, 0.717) is 0 Å². The van der Waals surface area contributed by atoms with Gasteiger partial charge in [-0.15, -0.1) is 4.68 Å². The number of nitrogens with zero attached hydrogens (tertiary/aromatic N) is 2. The van der Waals surface area contributed by atoms with Crippen LogP contribution in [-0.4, -0.2) is 4.68 Å². The van der Waals surface area contributed by atoms with Crippen LogP contribution in [0.15, 0.2) is 18.5 Å². The van der Waals surface area contributed by atoms with Crippen LogP contribution in [-0.2, 0) is 7.05 Å². The van der Waals surface area contributed by atoms with Gasteiger partial charge in [0.2, 0.25) is 0 Å². The zero-order valence-corrected chi connectivity index (χ0v) is 5.53. The zero-order valence-electron chi connectivity index (χ0n) is 5.53. The van der Waals surface area contributed by atoms with E-state index in [4.69, 9.17) is 0 Å². The van der Waals surface area contributed by atoms with Gasteiger partial charge in [-0.1, -0.05) is 0 Å². The predicted octanol–water partition coefficient (Wildman–Crippen LogP) is 0.248. The number of aryl methyl sites for hydroxylation is 2. The highest BCUT2D eigenvalue weighted by Gasteiger charge is 1.94. The van der Waals surface area contributed by atoms with Crippen molar-refractivity contribution >= 4 is 0 Å². The molecule has 0 amide bonds. The van der Waals surface area contributed by atoms with Crippen LogP contribution < -0.4 is 4.54 Å². The average molecular weight is 125 g/mol. The summed E-state index contributed by atoms with van der Waals surface area (Å²) in [6.07, 6.45) is 3.25. The summed E-state index contributed by atoms with van der Waals surface area (Å²) in [5.41, 5.74) is 0.975. The van der Waals surface area contributed by atoms with Crippen molar-refractivity contribution in [1.82, 2.24) is 4.68 Å². The van der Waals surface area contributed by atoms with Crippen molar-refractivity contribution in [2.75, 3.05) is 0 Å². The smallest absolute Gasteiger partial charge is 0.113 e. The van der Waals surface area contributed by atoms with Crippen LogP contribution in [0.25, 0.3) is 0 Å². The second-order valence-corrected chi connectivity index (χ2v) is 2.07. The molecule has 1 rings (SSSR count). The third-order valence-corrected chi connectivity index (χ3v) is 1.18. The van der Waals surface area contributed by atoms with E-state index < -0.39 is 0 Å². The summed E-state index contributed by atoms with van der Waals surface area (Å²) in [6, 6.07) is 1.88. The van der Waals surface area contributed by atoms with E-state index in [-0.39, 0.29) is 0 Å². The summed E-state index contributed by atoms with van der Waals surface area (Å²) in [6.45, 7) is 1.88. The van der Waals surface area contributed by atoms with Crippen molar-refractivity contribution in [3.8, 4) is 0 Å². The van der Waals surface area contributed by atoms with E-state index in [9.17, 15) is 4.91 Å². The summed E-state index contributed by atoms with van der Waals surface area (Å²) >= 11 is 0. The molecule has 0 aromatic carbocycles. The Balaban J connectivity index is 3.34. The summed E-state index contributed by atoms with van der Waals surface area (Å²) in [7, 11) is 1.70. The highest BCUT2D eigenvalue weighted by atomic mass is 16.3. The second kappa shape index (κ2) is 2.01. The molecule has 1 aromatic heterocycles. The van der Waals surface area contributed by atoms with Crippen molar-refractivity contribution in [2.45, 2.75) is 6.92 Å². The van der Waals surface area contributed by atoms with E-state index in [0.717, 1.165) is 10.1 Å². The first-order valence-corrected chi connectivity index (χ1v) is 2.76. The maximum atomic E-state index is 10.7. The van der Waals surface area contributed by atoms with Gasteiger partial charge in [0.1, 0.15) is 0 Å². The van der Waals surface area contributed by atoms with E-state index in [2.05, 4.69) is 0 Å². The molecule has 1 heterocycles. The Morgan fingerprint density at radius 1 is 1.67 bits per heavy atom. The van der Waals surface area contributed by atoms with Crippen molar-refractivity contribution in [2.24, 2.45) is 7.05 Å². The molecule has 0 N–H and O–H groups in total. The molecule has 9 heavy (non-hydrogen) atoms. The van der Waals surface area contributed by atoms with Gasteiger partial charge in [-0.3, -0.25) is 0 Å². The molecule has 3 nitrogen and oxygen atoms in total. The molecule has 0 aliphatic carbocycles. The van der Waals surface area contributed by atoms with Crippen molar-refractivity contribution < 1.29 is 4.54 Å². The number of hydrogen-bond acceptors (Lipinski definition) is 1. The third kappa shape index (κ3) is 1.16. The predicted molar refractivity (Wildman–Crippen MR) is 33.5 cm³/mol. The lowest BCUT2D eigenvalue weighted by atomic mass is 10.4. The first-order valence-electron chi connectivity index (χ1n) is 2.76. The van der Waals surface area contributed by atoms with Gasteiger partial charge in [-0.25, -0.2) is 0 Å². The molecule has 3 heteroatoms. The molecule has 1 aromatic rings. The van der Waals surface area contributed by atoms with Crippen LogP contribution in [0, 0.1) is 11.8 Å². The SMILES string of the molecule is Cc1ccn(C)[n+](=O)c1.